The van der Waals surface area contributed by atoms with Gasteiger partial charge in [0.05, 0.1) is 16.8 Å². The van der Waals surface area contributed by atoms with E-state index >= 15 is 0 Å². The van der Waals surface area contributed by atoms with Crippen LogP contribution >= 0.6 is 0 Å². The Balaban J connectivity index is 2.52. The summed E-state index contributed by atoms with van der Waals surface area (Å²) in [7, 11) is 0. The monoisotopic (exact) mass is 260 g/mol. The van der Waals surface area contributed by atoms with E-state index in [0.29, 0.717) is 29.9 Å². The zero-order chi connectivity index (χ0) is 14.0. The number of carbonyl (C=O) groups is 1. The van der Waals surface area contributed by atoms with E-state index in [-0.39, 0.29) is 11.7 Å². The van der Waals surface area contributed by atoms with E-state index in [2.05, 4.69) is 4.98 Å². The predicted octanol–water partition coefficient (Wildman–Crippen LogP) is 3.16. The lowest BCUT2D eigenvalue weighted by Gasteiger charge is -2.19. The van der Waals surface area contributed by atoms with Crippen molar-refractivity contribution < 1.29 is 9.18 Å². The van der Waals surface area contributed by atoms with E-state index < -0.39 is 0 Å². The third-order valence-electron chi connectivity index (χ3n) is 3.25. The van der Waals surface area contributed by atoms with Crippen LogP contribution in [0, 0.1) is 12.7 Å². The molecule has 1 amide bonds. The number of aryl methyl sites for hydroxylation is 1. The van der Waals surface area contributed by atoms with Crippen LogP contribution in [0.4, 0.5) is 4.39 Å². The third-order valence-corrected chi connectivity index (χ3v) is 3.25. The largest absolute Gasteiger partial charge is 0.339 e. The number of amides is 1. The number of halogens is 1. The van der Waals surface area contributed by atoms with Crippen molar-refractivity contribution in [3.8, 4) is 0 Å². The number of benzene rings is 1. The Bertz CT molecular complexity index is 621. The first-order valence-electron chi connectivity index (χ1n) is 6.43. The normalized spacial score (nSPS) is 10.7. The summed E-state index contributed by atoms with van der Waals surface area (Å²) in [5.41, 5.74) is 1.80. The second-order valence-corrected chi connectivity index (χ2v) is 4.44. The fourth-order valence-corrected chi connectivity index (χ4v) is 2.13. The number of nitrogens with zero attached hydrogens (tertiary/aromatic N) is 2. The minimum atomic E-state index is -0.317. The highest BCUT2D eigenvalue weighted by Crippen LogP contribution is 2.19. The van der Waals surface area contributed by atoms with Gasteiger partial charge in [-0.3, -0.25) is 9.78 Å². The van der Waals surface area contributed by atoms with E-state index in [1.807, 2.05) is 13.8 Å². The molecule has 100 valence electrons. The van der Waals surface area contributed by atoms with Crippen LogP contribution in [0.5, 0.6) is 0 Å². The highest BCUT2D eigenvalue weighted by molar-refractivity contribution is 5.98. The molecular weight excluding hydrogens is 243 g/mol. The predicted molar refractivity (Wildman–Crippen MR) is 73.7 cm³/mol. The molecule has 1 aromatic carbocycles. The van der Waals surface area contributed by atoms with Crippen LogP contribution in [0.3, 0.4) is 0 Å². The molecule has 19 heavy (non-hydrogen) atoms. The molecule has 0 fully saturated rings. The average Bonchev–Trinajstić information content (AvgIpc) is 2.39. The van der Waals surface area contributed by atoms with Gasteiger partial charge in [-0.15, -0.1) is 0 Å². The lowest BCUT2D eigenvalue weighted by atomic mass is 10.1. The summed E-state index contributed by atoms with van der Waals surface area (Å²) < 4.78 is 13.1. The van der Waals surface area contributed by atoms with Crippen LogP contribution in [0.25, 0.3) is 10.9 Å². The fraction of sp³-hybridized carbons (Fsp3) is 0.333. The maximum absolute atomic E-state index is 13.1. The van der Waals surface area contributed by atoms with E-state index in [1.54, 1.807) is 24.0 Å². The zero-order valence-corrected chi connectivity index (χ0v) is 11.4. The van der Waals surface area contributed by atoms with Crippen molar-refractivity contribution in [2.24, 2.45) is 0 Å². The van der Waals surface area contributed by atoms with Gasteiger partial charge in [-0.2, -0.15) is 0 Å². The lowest BCUT2D eigenvalue weighted by molar-refractivity contribution is 0.0772. The molecule has 0 spiro atoms. The Labute approximate surface area is 112 Å². The van der Waals surface area contributed by atoms with Crippen LogP contribution < -0.4 is 0 Å². The first-order valence-corrected chi connectivity index (χ1v) is 6.43. The summed E-state index contributed by atoms with van der Waals surface area (Å²) in [6, 6.07) is 6.20. The summed E-state index contributed by atoms with van der Waals surface area (Å²) in [4.78, 5) is 18.4. The summed E-state index contributed by atoms with van der Waals surface area (Å²) in [5, 5.41) is 0.780. The standard InChI is InChI=1S/C15H17FN2O/c1-4-18(5-2)15(19)13-8-11-6-7-12(16)9-14(11)17-10(13)3/h6-9H,4-5H2,1-3H3. The Kier molecular flexibility index (Phi) is 3.79. The third kappa shape index (κ3) is 2.57. The van der Waals surface area contributed by atoms with Gasteiger partial charge < -0.3 is 4.90 Å². The molecule has 0 N–H and O–H groups in total. The van der Waals surface area contributed by atoms with E-state index in [9.17, 15) is 9.18 Å². The van der Waals surface area contributed by atoms with E-state index in [1.165, 1.54) is 12.1 Å². The molecule has 0 aliphatic carbocycles. The number of carbonyl (C=O) groups excluding carboxylic acids is 1. The molecule has 1 aromatic heterocycles. The van der Waals surface area contributed by atoms with Crippen LogP contribution in [0.2, 0.25) is 0 Å². The molecule has 0 bridgehead atoms. The molecule has 0 atom stereocenters. The van der Waals surface area contributed by atoms with Gasteiger partial charge in [-0.25, -0.2) is 4.39 Å². The molecule has 2 rings (SSSR count). The maximum Gasteiger partial charge on any atom is 0.255 e. The Hall–Kier alpha value is -1.97. The van der Waals surface area contributed by atoms with Gasteiger partial charge in [0.15, 0.2) is 0 Å². The molecule has 0 aliphatic heterocycles. The highest BCUT2D eigenvalue weighted by Gasteiger charge is 2.16. The topological polar surface area (TPSA) is 33.2 Å². The van der Waals surface area contributed by atoms with Gasteiger partial charge in [0, 0.05) is 24.5 Å². The molecule has 0 unspecified atom stereocenters. The SMILES string of the molecule is CCN(CC)C(=O)c1cc2ccc(F)cc2nc1C. The number of rotatable bonds is 3. The maximum atomic E-state index is 13.1. The van der Waals surface area contributed by atoms with Crippen LogP contribution in [0.1, 0.15) is 29.9 Å². The second kappa shape index (κ2) is 5.34. The van der Waals surface area contributed by atoms with E-state index in [4.69, 9.17) is 0 Å². The van der Waals surface area contributed by atoms with Gasteiger partial charge in [-0.1, -0.05) is 0 Å². The first-order chi connectivity index (χ1) is 9.06. The van der Waals surface area contributed by atoms with Crippen molar-refractivity contribution in [2.45, 2.75) is 20.8 Å². The van der Waals surface area contributed by atoms with Crippen LogP contribution in [-0.2, 0) is 0 Å². The molecule has 1 heterocycles. The minimum absolute atomic E-state index is 0.0266. The van der Waals surface area contributed by atoms with Crippen molar-refractivity contribution in [1.82, 2.24) is 9.88 Å². The fourth-order valence-electron chi connectivity index (χ4n) is 2.13. The van der Waals surface area contributed by atoms with Crippen molar-refractivity contribution >= 4 is 16.8 Å². The molecule has 0 radical (unpaired) electrons. The summed E-state index contributed by atoms with van der Waals surface area (Å²) >= 11 is 0. The van der Waals surface area contributed by atoms with Gasteiger partial charge in [0.2, 0.25) is 0 Å². The molecular formula is C15H17FN2O. The summed E-state index contributed by atoms with van der Waals surface area (Å²) in [6.45, 7) is 6.99. The molecule has 3 nitrogen and oxygen atoms in total. The quantitative estimate of drug-likeness (QED) is 0.849. The summed E-state index contributed by atoms with van der Waals surface area (Å²) in [6.07, 6.45) is 0. The van der Waals surface area contributed by atoms with E-state index in [0.717, 1.165) is 5.39 Å². The smallest absolute Gasteiger partial charge is 0.255 e. The van der Waals surface area contributed by atoms with Crippen LogP contribution in [-0.4, -0.2) is 28.9 Å². The van der Waals surface area contributed by atoms with Crippen molar-refractivity contribution in [3.05, 3.63) is 41.3 Å². The molecule has 0 aliphatic rings. The average molecular weight is 260 g/mol. The molecule has 2 aromatic rings. The minimum Gasteiger partial charge on any atom is -0.339 e. The number of hydrogen-bond acceptors (Lipinski definition) is 2. The molecule has 0 saturated carbocycles. The Morgan fingerprint density at radius 3 is 2.58 bits per heavy atom. The Morgan fingerprint density at radius 1 is 1.26 bits per heavy atom. The highest BCUT2D eigenvalue weighted by atomic mass is 19.1. The van der Waals surface area contributed by atoms with Crippen molar-refractivity contribution in [2.75, 3.05) is 13.1 Å². The zero-order valence-electron chi connectivity index (χ0n) is 11.4. The number of hydrogen-bond donors (Lipinski definition) is 0. The number of pyridine rings is 1. The van der Waals surface area contributed by atoms with Gasteiger partial charge in [0.25, 0.3) is 5.91 Å². The Morgan fingerprint density at radius 2 is 1.95 bits per heavy atom. The lowest BCUT2D eigenvalue weighted by Crippen LogP contribution is -2.31. The van der Waals surface area contributed by atoms with Gasteiger partial charge in [0.1, 0.15) is 5.82 Å². The second-order valence-electron chi connectivity index (χ2n) is 4.44. The van der Waals surface area contributed by atoms with Crippen LogP contribution in [0.15, 0.2) is 24.3 Å². The van der Waals surface area contributed by atoms with Gasteiger partial charge >= 0.3 is 0 Å². The van der Waals surface area contributed by atoms with Crippen molar-refractivity contribution in [1.29, 1.82) is 0 Å². The van der Waals surface area contributed by atoms with Gasteiger partial charge in [-0.05, 0) is 39.0 Å². The number of aromatic nitrogens is 1. The number of fused-ring (bicyclic) bond motifs is 1. The molecule has 0 saturated heterocycles. The first kappa shape index (κ1) is 13.5. The molecule has 4 heteroatoms. The summed E-state index contributed by atoms with van der Waals surface area (Å²) in [5.74, 6) is -0.344. The van der Waals surface area contributed by atoms with Crippen molar-refractivity contribution in [3.63, 3.8) is 0 Å².